The Morgan fingerprint density at radius 1 is 1.67 bits per heavy atom. The monoisotopic (exact) mass is 168 g/mol. The highest BCUT2D eigenvalue weighted by molar-refractivity contribution is 5.36. The molecule has 4 nitrogen and oxygen atoms in total. The highest BCUT2D eigenvalue weighted by Crippen LogP contribution is 2.07. The smallest absolute Gasteiger partial charge is 0.126 e. The number of rotatable bonds is 4. The average Bonchev–Trinajstić information content (AvgIpc) is 2.47. The van der Waals surface area contributed by atoms with Crippen molar-refractivity contribution in [2.75, 3.05) is 32.1 Å². The first-order valence-electron chi connectivity index (χ1n) is 4.09. The number of hydrogen-bond acceptors (Lipinski definition) is 3. The Bertz CT molecular complexity index is 231. The molecule has 12 heavy (non-hydrogen) atoms. The molecule has 0 aromatic carbocycles. The van der Waals surface area contributed by atoms with Crippen LogP contribution in [0.2, 0.25) is 0 Å². The molecule has 1 aromatic rings. The summed E-state index contributed by atoms with van der Waals surface area (Å²) < 4.78 is 1.87. The number of aryl methyl sites for hydroxylation is 1. The zero-order valence-corrected chi connectivity index (χ0v) is 7.91. The largest absolute Gasteiger partial charge is 0.359 e. The van der Waals surface area contributed by atoms with Crippen LogP contribution < -0.4 is 10.2 Å². The van der Waals surface area contributed by atoms with E-state index in [1.807, 2.05) is 31.0 Å². The van der Waals surface area contributed by atoms with Crippen molar-refractivity contribution in [1.29, 1.82) is 0 Å². The van der Waals surface area contributed by atoms with Gasteiger partial charge in [-0.3, -0.25) is 4.68 Å². The van der Waals surface area contributed by atoms with Crippen LogP contribution in [0.3, 0.4) is 0 Å². The van der Waals surface area contributed by atoms with E-state index in [0.29, 0.717) is 0 Å². The van der Waals surface area contributed by atoms with E-state index in [4.69, 9.17) is 0 Å². The number of nitrogens with one attached hydrogen (secondary N) is 1. The molecule has 0 unspecified atom stereocenters. The molecule has 0 aliphatic heterocycles. The Balaban J connectivity index is 2.52. The summed E-state index contributed by atoms with van der Waals surface area (Å²) in [7, 11) is 5.97. The first-order chi connectivity index (χ1) is 5.75. The van der Waals surface area contributed by atoms with Crippen LogP contribution in [0.4, 0.5) is 5.82 Å². The van der Waals surface area contributed by atoms with Crippen LogP contribution in [0.1, 0.15) is 0 Å². The highest BCUT2D eigenvalue weighted by Gasteiger charge is 2.02. The summed E-state index contributed by atoms with van der Waals surface area (Å²) in [5.41, 5.74) is 0. The Morgan fingerprint density at radius 2 is 2.42 bits per heavy atom. The van der Waals surface area contributed by atoms with Gasteiger partial charge in [0, 0.05) is 33.3 Å². The van der Waals surface area contributed by atoms with Crippen LogP contribution in [0.5, 0.6) is 0 Å². The van der Waals surface area contributed by atoms with Gasteiger partial charge in [-0.1, -0.05) is 0 Å². The summed E-state index contributed by atoms with van der Waals surface area (Å²) >= 11 is 0. The van der Waals surface area contributed by atoms with Gasteiger partial charge in [-0.15, -0.1) is 0 Å². The molecule has 0 radical (unpaired) electrons. The number of likely N-dealkylation sites (N-methyl/N-ethyl adjacent to an activating group) is 2. The number of anilines is 1. The molecule has 4 heteroatoms. The fraction of sp³-hybridized carbons (Fsp3) is 0.625. The molecule has 0 amide bonds. The van der Waals surface area contributed by atoms with Crippen molar-refractivity contribution in [3.05, 3.63) is 12.3 Å². The molecule has 0 aliphatic carbocycles. The summed E-state index contributed by atoms with van der Waals surface area (Å²) in [6, 6.07) is 2.01. The minimum Gasteiger partial charge on any atom is -0.359 e. The zero-order chi connectivity index (χ0) is 8.97. The normalized spacial score (nSPS) is 10.2. The van der Waals surface area contributed by atoms with Gasteiger partial charge in [0.15, 0.2) is 0 Å². The van der Waals surface area contributed by atoms with E-state index in [0.717, 1.165) is 18.9 Å². The second kappa shape index (κ2) is 4.11. The molecule has 1 heterocycles. The van der Waals surface area contributed by atoms with E-state index in [1.54, 1.807) is 0 Å². The van der Waals surface area contributed by atoms with Gasteiger partial charge in [0.25, 0.3) is 0 Å². The summed E-state index contributed by atoms with van der Waals surface area (Å²) in [5, 5.41) is 7.21. The lowest BCUT2D eigenvalue weighted by Crippen LogP contribution is -2.28. The maximum Gasteiger partial charge on any atom is 0.126 e. The maximum absolute atomic E-state index is 4.10. The highest BCUT2D eigenvalue weighted by atomic mass is 15.3. The van der Waals surface area contributed by atoms with Crippen LogP contribution in [0.15, 0.2) is 12.3 Å². The van der Waals surface area contributed by atoms with Gasteiger partial charge in [0.2, 0.25) is 0 Å². The first-order valence-corrected chi connectivity index (χ1v) is 4.09. The Hall–Kier alpha value is -1.03. The van der Waals surface area contributed by atoms with E-state index in [9.17, 15) is 0 Å². The molecule has 0 atom stereocenters. The number of nitrogens with zero attached hydrogens (tertiary/aromatic N) is 3. The molecule has 0 bridgehead atoms. The molecular weight excluding hydrogens is 152 g/mol. The lowest BCUT2D eigenvalue weighted by molar-refractivity contribution is 0.709. The molecule has 1 aromatic heterocycles. The van der Waals surface area contributed by atoms with Crippen molar-refractivity contribution in [2.24, 2.45) is 7.05 Å². The van der Waals surface area contributed by atoms with Crippen LogP contribution in [-0.2, 0) is 7.05 Å². The lowest BCUT2D eigenvalue weighted by Gasteiger charge is -2.18. The van der Waals surface area contributed by atoms with E-state index in [1.165, 1.54) is 0 Å². The third kappa shape index (κ3) is 1.98. The number of hydrogen-bond donors (Lipinski definition) is 1. The summed E-state index contributed by atoms with van der Waals surface area (Å²) in [4.78, 5) is 2.17. The molecule has 1 rings (SSSR count). The second-order valence-corrected chi connectivity index (χ2v) is 2.84. The maximum atomic E-state index is 4.10. The summed E-state index contributed by atoms with van der Waals surface area (Å²) in [5.74, 6) is 1.14. The van der Waals surface area contributed by atoms with Crippen LogP contribution in [0.25, 0.3) is 0 Å². The third-order valence-corrected chi connectivity index (χ3v) is 1.88. The molecule has 0 spiro atoms. The first kappa shape index (κ1) is 9.06. The molecule has 0 fully saturated rings. The van der Waals surface area contributed by atoms with Gasteiger partial charge in [0.1, 0.15) is 5.82 Å². The van der Waals surface area contributed by atoms with Gasteiger partial charge >= 0.3 is 0 Å². The fourth-order valence-electron chi connectivity index (χ4n) is 1.14. The fourth-order valence-corrected chi connectivity index (χ4v) is 1.14. The van der Waals surface area contributed by atoms with Crippen molar-refractivity contribution < 1.29 is 0 Å². The predicted molar refractivity (Wildman–Crippen MR) is 50.4 cm³/mol. The topological polar surface area (TPSA) is 33.1 Å². The van der Waals surface area contributed by atoms with Crippen molar-refractivity contribution in [1.82, 2.24) is 15.1 Å². The van der Waals surface area contributed by atoms with Crippen LogP contribution >= 0.6 is 0 Å². The molecule has 1 N–H and O–H groups in total. The van der Waals surface area contributed by atoms with Crippen LogP contribution in [0, 0.1) is 0 Å². The van der Waals surface area contributed by atoms with Crippen molar-refractivity contribution >= 4 is 5.82 Å². The van der Waals surface area contributed by atoms with E-state index in [-0.39, 0.29) is 0 Å². The summed E-state index contributed by atoms with van der Waals surface area (Å²) in [6.45, 7) is 1.98. The third-order valence-electron chi connectivity index (χ3n) is 1.88. The SMILES string of the molecule is CNCCN(C)c1ccnn1C. The number of aromatic nitrogens is 2. The van der Waals surface area contributed by atoms with Crippen molar-refractivity contribution in [2.45, 2.75) is 0 Å². The molecule has 0 aliphatic rings. The van der Waals surface area contributed by atoms with Gasteiger partial charge in [-0.05, 0) is 7.05 Å². The minimum absolute atomic E-state index is 0.988. The van der Waals surface area contributed by atoms with Gasteiger partial charge in [-0.25, -0.2) is 0 Å². The van der Waals surface area contributed by atoms with Crippen LogP contribution in [-0.4, -0.2) is 37.0 Å². The van der Waals surface area contributed by atoms with Gasteiger partial charge < -0.3 is 10.2 Å². The summed E-state index contributed by atoms with van der Waals surface area (Å²) in [6.07, 6.45) is 1.81. The van der Waals surface area contributed by atoms with Gasteiger partial charge in [-0.2, -0.15) is 5.10 Å². The van der Waals surface area contributed by atoms with E-state index in [2.05, 4.69) is 22.4 Å². The zero-order valence-electron chi connectivity index (χ0n) is 7.91. The molecule has 0 saturated carbocycles. The lowest BCUT2D eigenvalue weighted by atomic mass is 10.5. The standard InChI is InChI=1S/C8H16N4/c1-9-6-7-11(2)8-4-5-10-12(8)3/h4-5,9H,6-7H2,1-3H3. The molecule has 0 saturated heterocycles. The second-order valence-electron chi connectivity index (χ2n) is 2.84. The van der Waals surface area contributed by atoms with Crippen molar-refractivity contribution in [3.63, 3.8) is 0 Å². The van der Waals surface area contributed by atoms with E-state index < -0.39 is 0 Å². The Morgan fingerprint density at radius 3 is 2.92 bits per heavy atom. The van der Waals surface area contributed by atoms with Gasteiger partial charge in [0.05, 0.1) is 6.20 Å². The molecule has 68 valence electrons. The predicted octanol–water partition coefficient (Wildman–Crippen LogP) is 0.0757. The average molecular weight is 168 g/mol. The van der Waals surface area contributed by atoms with E-state index >= 15 is 0 Å². The quantitative estimate of drug-likeness (QED) is 0.691. The molecular formula is C8H16N4. The Labute approximate surface area is 73.2 Å². The Kier molecular flexibility index (Phi) is 3.10. The van der Waals surface area contributed by atoms with Crippen molar-refractivity contribution in [3.8, 4) is 0 Å². The minimum atomic E-state index is 0.988.